The van der Waals surface area contributed by atoms with Crippen LogP contribution in [-0.4, -0.2) is 215 Å². The highest BCUT2D eigenvalue weighted by atomic mass is 31.2. The van der Waals surface area contributed by atoms with E-state index in [-0.39, 0.29) is 88.7 Å². The highest BCUT2D eigenvalue weighted by Gasteiger charge is 2.55. The van der Waals surface area contributed by atoms with Crippen LogP contribution in [-0.2, 0) is 103 Å². The van der Waals surface area contributed by atoms with Gasteiger partial charge in [-0.15, -0.1) is 0 Å². The molecule has 17 N–H and O–H groups in total. The molecule has 6 rings (SSSR count). The third kappa shape index (κ3) is 31.4. The minimum absolute atomic E-state index is 0.00118. The highest BCUT2D eigenvalue weighted by Crippen LogP contribution is 2.59. The fourth-order valence-electron chi connectivity index (χ4n) is 8.95. The zero-order chi connectivity index (χ0) is 74.4. The Morgan fingerprint density at radius 1 is 0.541 bits per heavy atom. The monoisotopic (exact) mass is 1480 g/mol. The summed E-state index contributed by atoms with van der Waals surface area (Å²) < 4.78 is 75.5. The Kier molecular flexibility index (Phi) is 37.3. The first-order valence-electron chi connectivity index (χ1n) is 30.3. The molecule has 550 valence electrons. The molecule has 0 radical (unpaired) electrons. The summed E-state index contributed by atoms with van der Waals surface area (Å²) in [6.45, 7) is 4.04. The second-order valence-electron chi connectivity index (χ2n) is 22.7. The molecule has 4 saturated carbocycles. The summed E-state index contributed by atoms with van der Waals surface area (Å²) in [4.78, 5) is 160. The third-order valence-corrected chi connectivity index (χ3v) is 22.2. The molecule has 0 aliphatic heterocycles. The lowest BCUT2D eigenvalue weighted by Crippen LogP contribution is -2.42. The van der Waals surface area contributed by atoms with E-state index in [1.54, 1.807) is 50.2 Å². The number of alkyl carbamates (subject to hydrolysis) is 2. The van der Waals surface area contributed by atoms with Crippen molar-refractivity contribution in [2.24, 2.45) is 58.8 Å². The van der Waals surface area contributed by atoms with E-state index in [1.807, 2.05) is 24.3 Å². The number of carboxylic acids is 4. The summed E-state index contributed by atoms with van der Waals surface area (Å²) in [7, 11) is -12.2. The van der Waals surface area contributed by atoms with E-state index in [2.05, 4.69) is 20.1 Å². The number of hydrogen-bond acceptors (Lipinski definition) is 26. The highest BCUT2D eigenvalue weighted by molar-refractivity contribution is 7.59. The largest absolute Gasteiger partial charge is 0.505 e. The zero-order valence-corrected chi connectivity index (χ0v) is 57.3. The van der Waals surface area contributed by atoms with E-state index in [0.717, 1.165) is 24.5 Å². The predicted molar refractivity (Wildman–Crippen MR) is 339 cm³/mol. The Balaban J connectivity index is 0.000000434. The number of benzene rings is 2. The molecule has 4 aliphatic rings. The number of nitrogens with two attached hydrogens (primary N) is 2. The fourth-order valence-corrected chi connectivity index (χ4v) is 14.9. The van der Waals surface area contributed by atoms with Crippen molar-refractivity contribution in [1.29, 1.82) is 0 Å². The molecule has 2 amide bonds. The molecule has 2 aromatic carbocycles. The Morgan fingerprint density at radius 3 is 1.18 bits per heavy atom. The van der Waals surface area contributed by atoms with Gasteiger partial charge >= 0.3 is 68.0 Å². The van der Waals surface area contributed by atoms with Gasteiger partial charge in [-0.05, 0) is 74.5 Å². The van der Waals surface area contributed by atoms with Crippen molar-refractivity contribution in [1.82, 2.24) is 10.6 Å². The van der Waals surface area contributed by atoms with Gasteiger partial charge in [-0.25, -0.2) is 19.2 Å². The Morgan fingerprint density at radius 2 is 0.878 bits per heavy atom. The topological polar surface area (TPSA) is 610 Å². The number of aliphatic hydroxyl groups is 3. The number of nitrogens with one attached hydrogen (secondary N) is 2. The van der Waals surface area contributed by atoms with Crippen LogP contribution in [0.25, 0.3) is 0 Å². The normalized spacial score (nSPS) is 23.0. The van der Waals surface area contributed by atoms with Gasteiger partial charge in [-0.1, -0.05) is 60.7 Å². The number of methoxy groups -OCH3 is 2. The smallest absolute Gasteiger partial charge is 0.481 e. The first kappa shape index (κ1) is 86.9. The number of aliphatic carboxylic acids is 4. The Labute approximate surface area is 562 Å². The minimum Gasteiger partial charge on any atom is -0.481 e. The van der Waals surface area contributed by atoms with Crippen LogP contribution >= 0.6 is 30.1 Å². The summed E-state index contributed by atoms with van der Waals surface area (Å²) >= 11 is 0. The number of carboxylic acid groups (broad SMARTS) is 4. The molecule has 0 aromatic heterocycles. The lowest BCUT2D eigenvalue weighted by Gasteiger charge is -2.21. The molecule has 0 spiro atoms. The number of carbonyl (C=O) groups is 11. The van der Waals surface area contributed by atoms with E-state index < -0.39 is 180 Å². The second-order valence-corrected chi connectivity index (χ2v) is 31.3. The molecule has 4 fully saturated rings. The van der Waals surface area contributed by atoms with Gasteiger partial charge in [0.15, 0.2) is 6.16 Å². The quantitative estimate of drug-likeness (QED) is 0.0202. The maximum absolute atomic E-state index is 12.6. The second kappa shape index (κ2) is 42.1. The molecule has 40 heteroatoms. The Bertz CT molecular complexity index is 3090. The van der Waals surface area contributed by atoms with Crippen LogP contribution in [0.5, 0.6) is 0 Å². The van der Waals surface area contributed by atoms with Crippen molar-refractivity contribution in [3.8, 4) is 0 Å². The number of amides is 2. The van der Waals surface area contributed by atoms with Crippen molar-refractivity contribution >= 4 is 96.4 Å². The molecule has 19 atom stereocenters. The summed E-state index contributed by atoms with van der Waals surface area (Å²) in [6.07, 6.45) is -1.80. The summed E-state index contributed by atoms with van der Waals surface area (Å²) in [5.41, 5.74) is 11.9. The van der Waals surface area contributed by atoms with Crippen molar-refractivity contribution in [3.63, 3.8) is 0 Å². The number of rotatable bonds is 35. The number of ether oxygens (including phenoxy) is 6. The van der Waals surface area contributed by atoms with E-state index >= 15 is 0 Å². The molecule has 0 heterocycles. The van der Waals surface area contributed by atoms with Gasteiger partial charge in [0, 0.05) is 48.6 Å². The third-order valence-electron chi connectivity index (χ3n) is 15.2. The van der Waals surface area contributed by atoms with Crippen LogP contribution in [0.4, 0.5) is 9.59 Å². The lowest BCUT2D eigenvalue weighted by atomic mass is 10.2. The van der Waals surface area contributed by atoms with Crippen LogP contribution in [0.3, 0.4) is 0 Å². The molecule has 0 bridgehead atoms. The van der Waals surface area contributed by atoms with Crippen molar-refractivity contribution < 1.29 is 155 Å². The van der Waals surface area contributed by atoms with Gasteiger partial charge < -0.3 is 106 Å². The van der Waals surface area contributed by atoms with Crippen LogP contribution in [0.2, 0.25) is 0 Å². The van der Waals surface area contributed by atoms with E-state index in [9.17, 15) is 101 Å². The molecular weight excluding hydrogens is 1390 g/mol. The maximum Gasteiger partial charge on any atom is 0.505 e. The number of esters is 4. The summed E-state index contributed by atoms with van der Waals surface area (Å²) in [5, 5.41) is 68.5. The van der Waals surface area contributed by atoms with E-state index in [1.165, 1.54) is 7.11 Å². The van der Waals surface area contributed by atoms with Crippen LogP contribution in [0.1, 0.15) is 76.3 Å². The first-order valence-corrected chi connectivity index (χ1v) is 37.4. The van der Waals surface area contributed by atoms with Gasteiger partial charge in [-0.3, -0.25) is 42.5 Å². The zero-order valence-electron chi connectivity index (χ0n) is 53.8. The average Bonchev–Trinajstić information content (AvgIpc) is 1.65. The molecular formula is C58H87N4O32P4+. The Hall–Kier alpha value is -7.16. The van der Waals surface area contributed by atoms with Crippen molar-refractivity contribution in [3.05, 3.63) is 71.8 Å². The number of aliphatic hydroxyl groups excluding tert-OH is 3. The molecule has 0 saturated heterocycles. The molecule has 13 unspecified atom stereocenters. The van der Waals surface area contributed by atoms with Crippen LogP contribution < -0.4 is 22.1 Å². The summed E-state index contributed by atoms with van der Waals surface area (Å²) in [5.74, 6) is -16.5. The molecule has 98 heavy (non-hydrogen) atoms. The first-order chi connectivity index (χ1) is 45.8. The fraction of sp³-hybridized carbons (Fsp3) is 0.603. The van der Waals surface area contributed by atoms with Gasteiger partial charge in [0.05, 0.1) is 51.1 Å². The van der Waals surface area contributed by atoms with E-state index in [0.29, 0.717) is 13.0 Å². The van der Waals surface area contributed by atoms with Crippen LogP contribution in [0, 0.1) is 47.3 Å². The molecule has 4 aliphatic carbocycles. The van der Waals surface area contributed by atoms with Gasteiger partial charge in [0.25, 0.3) is 0 Å². The number of hydrogen-bond donors (Lipinski definition) is 15. The lowest BCUT2D eigenvalue weighted by molar-refractivity contribution is -0.146. The number of aldehydes is 1. The predicted octanol–water partition coefficient (Wildman–Crippen LogP) is 1.79. The van der Waals surface area contributed by atoms with Crippen LogP contribution in [0.15, 0.2) is 60.7 Å². The number of carbonyl (C=O) groups excluding carboxylic acids is 7. The van der Waals surface area contributed by atoms with Gasteiger partial charge in [-0.2, -0.15) is 4.89 Å². The molecule has 36 nitrogen and oxygen atoms in total. The minimum atomic E-state index is -4.14. The standard InChI is InChI=1S/C20H28NO9P.C13H16NO6P.2C9H16NO7P.C7H10O3/c1-3-29-17(22)14-11-15(14)19(24)31(26,27)10-9-16(18(23)28-2)21-20(25)30-12-13-7-5-4-6-8-13;1-19-12(15)11(7-8-21(17)18)14-13(16)20-9-10-5-3-2-4-6-10;2*10-6(8(13)14)1-2-18(16,17)9(15)5-3-4(5)7(11)12;1-2-10-7(9)6-3-5(6)4-8/h4-8,14-16,19,24H,3,9-12H2,1-2H3,(H,21,25)(H,26,27);2-6,11H,7-9H2,1H3,(H-,14,16,17,18);2*4-6,9,15H,1-3,10H2,(H,11,12)(H,13,14)(H,16,17);4-6H,2-3H2,1H3/p+1/t14?,15?,16-,19?;11-;4?,5?,6-,9+;4?,5?,6-,9-;/m0000./s1. The van der Waals surface area contributed by atoms with E-state index in [4.69, 9.17) is 55.7 Å². The molecule has 2 aromatic rings. The van der Waals surface area contributed by atoms with Gasteiger partial charge in [0.2, 0.25) is 22.1 Å². The summed E-state index contributed by atoms with van der Waals surface area (Å²) in [6, 6.07) is 13.2. The SMILES string of the molecule is CCOC(=O)C1CC1C(O)P(=O)(O)CC[C@H](NC(=O)OCc1ccccc1)C(=O)OC.CCOC(=O)C1CC1C=O.COC(=O)[C@H](CC[P+](=O)O)NC(=O)OCc1ccccc1.N[C@@H](CCP(=O)(O)[C@@H](O)C1CC1C(=O)O)C(=O)O.N[C@@H](CCP(=O)(O)[C@H](O)C1CC1C(=O)O)C(=O)O. The average molecular weight is 1480 g/mol. The maximum atomic E-state index is 12.6. The van der Waals surface area contributed by atoms with Gasteiger partial charge in [0.1, 0.15) is 61.2 Å². The van der Waals surface area contributed by atoms with Crippen molar-refractivity contribution in [2.45, 2.75) is 120 Å². The van der Waals surface area contributed by atoms with Crippen molar-refractivity contribution in [2.75, 3.05) is 52.1 Å².